The Morgan fingerprint density at radius 1 is 1.43 bits per heavy atom. The number of hydrogen-bond acceptors (Lipinski definition) is 4. The summed E-state index contributed by atoms with van der Waals surface area (Å²) >= 11 is 1.85. The quantitative estimate of drug-likeness (QED) is 0.838. The lowest BCUT2D eigenvalue weighted by Crippen LogP contribution is -2.33. The highest BCUT2D eigenvalue weighted by Crippen LogP contribution is 2.30. The highest BCUT2D eigenvalue weighted by molar-refractivity contribution is 7.99. The van der Waals surface area contributed by atoms with E-state index < -0.39 is 15.8 Å². The van der Waals surface area contributed by atoms with Crippen molar-refractivity contribution < 1.29 is 12.8 Å². The monoisotopic (exact) mass is 332 g/mol. The Morgan fingerprint density at radius 3 is 2.86 bits per heavy atom. The molecule has 2 rings (SSSR count). The van der Waals surface area contributed by atoms with Crippen LogP contribution >= 0.6 is 11.8 Å². The summed E-state index contributed by atoms with van der Waals surface area (Å²) in [4.78, 5) is -0.308. The van der Waals surface area contributed by atoms with Crippen LogP contribution in [0.1, 0.15) is 31.7 Å². The zero-order valence-corrected chi connectivity index (χ0v) is 13.6. The maximum absolute atomic E-state index is 13.8. The van der Waals surface area contributed by atoms with Gasteiger partial charge in [-0.25, -0.2) is 17.5 Å². The lowest BCUT2D eigenvalue weighted by Gasteiger charge is -2.14. The number of halogens is 1. The summed E-state index contributed by atoms with van der Waals surface area (Å²) in [5.41, 5.74) is 6.09. The molecule has 0 amide bonds. The summed E-state index contributed by atoms with van der Waals surface area (Å²) in [7, 11) is -3.84. The molecule has 4 nitrogen and oxygen atoms in total. The molecule has 0 aliphatic heterocycles. The van der Waals surface area contributed by atoms with Crippen molar-refractivity contribution in [3.05, 3.63) is 29.6 Å². The molecule has 21 heavy (non-hydrogen) atoms. The number of rotatable bonds is 6. The summed E-state index contributed by atoms with van der Waals surface area (Å²) in [5, 5.41) is 0.489. The third-order valence-electron chi connectivity index (χ3n) is 3.63. The minimum absolute atomic E-state index is 0.111. The predicted molar refractivity (Wildman–Crippen MR) is 84.2 cm³/mol. The fourth-order valence-electron chi connectivity index (χ4n) is 2.60. The predicted octanol–water partition coefficient (Wildman–Crippen LogP) is 2.24. The lowest BCUT2D eigenvalue weighted by molar-refractivity contribution is 0.536. The van der Waals surface area contributed by atoms with Crippen molar-refractivity contribution in [3.63, 3.8) is 0 Å². The van der Waals surface area contributed by atoms with E-state index in [0.29, 0.717) is 10.8 Å². The van der Waals surface area contributed by atoms with E-state index in [1.807, 2.05) is 11.8 Å². The summed E-state index contributed by atoms with van der Waals surface area (Å²) in [6, 6.07) is 3.85. The maximum Gasteiger partial charge on any atom is 0.243 e. The van der Waals surface area contributed by atoms with E-state index in [2.05, 4.69) is 11.6 Å². The molecule has 0 spiro atoms. The van der Waals surface area contributed by atoms with Gasteiger partial charge in [-0.2, -0.15) is 11.8 Å². The van der Waals surface area contributed by atoms with Gasteiger partial charge in [-0.3, -0.25) is 0 Å². The molecule has 3 N–H and O–H groups in total. The minimum atomic E-state index is -3.84. The van der Waals surface area contributed by atoms with Gasteiger partial charge in [0.15, 0.2) is 0 Å². The Hall–Kier alpha value is -0.630. The largest absolute Gasteiger partial charge is 0.326 e. The van der Waals surface area contributed by atoms with Crippen LogP contribution in [0.5, 0.6) is 0 Å². The molecule has 118 valence electrons. The zero-order chi connectivity index (χ0) is 15.5. The van der Waals surface area contributed by atoms with Crippen LogP contribution in [0.15, 0.2) is 23.1 Å². The second-order valence-corrected chi connectivity index (χ2v) is 8.44. The first-order valence-electron chi connectivity index (χ1n) is 7.08. The van der Waals surface area contributed by atoms with Gasteiger partial charge in [0.2, 0.25) is 10.0 Å². The van der Waals surface area contributed by atoms with Crippen LogP contribution in [0.4, 0.5) is 4.39 Å². The molecule has 2 unspecified atom stereocenters. The van der Waals surface area contributed by atoms with Crippen LogP contribution in [0.3, 0.4) is 0 Å². The maximum atomic E-state index is 13.8. The normalized spacial score (nSPS) is 22.6. The average Bonchev–Trinajstić information content (AvgIpc) is 2.86. The van der Waals surface area contributed by atoms with E-state index >= 15 is 0 Å². The minimum Gasteiger partial charge on any atom is -0.326 e. The van der Waals surface area contributed by atoms with Crippen molar-refractivity contribution in [3.8, 4) is 0 Å². The van der Waals surface area contributed by atoms with Crippen LogP contribution in [0, 0.1) is 5.82 Å². The summed E-state index contributed by atoms with van der Waals surface area (Å²) in [5.74, 6) is 0.286. The molecule has 1 aliphatic carbocycles. The number of benzene rings is 1. The molecule has 0 saturated heterocycles. The summed E-state index contributed by atoms with van der Waals surface area (Å²) in [6.07, 6.45) is 2.60. The number of thioether (sulfide) groups is 1. The Bertz CT molecular complexity index is 593. The Balaban J connectivity index is 2.12. The molecule has 0 aromatic heterocycles. The summed E-state index contributed by atoms with van der Waals surface area (Å²) in [6.45, 7) is 2.28. The molecule has 1 fully saturated rings. The molecule has 0 heterocycles. The van der Waals surface area contributed by atoms with Gasteiger partial charge in [0, 0.05) is 17.8 Å². The highest BCUT2D eigenvalue weighted by Gasteiger charge is 2.29. The molecule has 1 aromatic rings. The first-order chi connectivity index (χ1) is 9.96. The lowest BCUT2D eigenvalue weighted by atomic mass is 10.2. The van der Waals surface area contributed by atoms with Crippen molar-refractivity contribution in [2.45, 2.75) is 48.9 Å². The third-order valence-corrected chi connectivity index (χ3v) is 6.40. The third kappa shape index (κ3) is 4.18. The highest BCUT2D eigenvalue weighted by atomic mass is 32.2. The van der Waals surface area contributed by atoms with E-state index in [-0.39, 0.29) is 17.5 Å². The molecular weight excluding hydrogens is 311 g/mol. The van der Waals surface area contributed by atoms with Gasteiger partial charge in [-0.15, -0.1) is 0 Å². The first-order valence-corrected chi connectivity index (χ1v) is 9.62. The number of nitrogens with two attached hydrogens (primary N) is 1. The number of hydrogen-bond donors (Lipinski definition) is 2. The van der Waals surface area contributed by atoms with E-state index in [1.165, 1.54) is 12.1 Å². The van der Waals surface area contributed by atoms with Crippen LogP contribution < -0.4 is 10.5 Å². The van der Waals surface area contributed by atoms with Gasteiger partial charge in [-0.05, 0) is 42.7 Å². The molecule has 7 heteroatoms. The van der Waals surface area contributed by atoms with Crippen molar-refractivity contribution >= 4 is 21.8 Å². The van der Waals surface area contributed by atoms with E-state index in [4.69, 9.17) is 5.73 Å². The standard InChI is InChI=1S/C14H21FN2O2S2/c1-2-20-12-5-4-11(8-12)17-21(18,19)14-7-10(9-16)3-6-13(14)15/h3,6-7,11-12,17H,2,4-5,8-9,16H2,1H3. The Labute approximate surface area is 129 Å². The van der Waals surface area contributed by atoms with Crippen molar-refractivity contribution in [2.75, 3.05) is 5.75 Å². The van der Waals surface area contributed by atoms with Gasteiger partial charge < -0.3 is 5.73 Å². The van der Waals surface area contributed by atoms with Crippen molar-refractivity contribution in [1.29, 1.82) is 0 Å². The Kier molecular flexibility index (Phi) is 5.65. The zero-order valence-electron chi connectivity index (χ0n) is 12.0. The SMILES string of the molecule is CCSC1CCC(NS(=O)(=O)c2cc(CN)ccc2F)C1. The van der Waals surface area contributed by atoms with E-state index in [9.17, 15) is 12.8 Å². The number of sulfonamides is 1. The fraction of sp³-hybridized carbons (Fsp3) is 0.571. The Morgan fingerprint density at radius 2 is 2.19 bits per heavy atom. The molecule has 1 aromatic carbocycles. The molecule has 1 saturated carbocycles. The molecule has 0 radical (unpaired) electrons. The van der Waals surface area contributed by atoms with Gasteiger partial charge in [-0.1, -0.05) is 13.0 Å². The molecule has 0 bridgehead atoms. The second kappa shape index (κ2) is 7.09. The van der Waals surface area contributed by atoms with Gasteiger partial charge in [0.1, 0.15) is 10.7 Å². The van der Waals surface area contributed by atoms with Crippen LogP contribution in [0.25, 0.3) is 0 Å². The van der Waals surface area contributed by atoms with Gasteiger partial charge >= 0.3 is 0 Å². The van der Waals surface area contributed by atoms with Crippen LogP contribution in [-0.4, -0.2) is 25.5 Å². The smallest absolute Gasteiger partial charge is 0.243 e. The molecular formula is C14H21FN2O2S2. The van der Waals surface area contributed by atoms with Crippen LogP contribution in [-0.2, 0) is 16.6 Å². The first kappa shape index (κ1) is 16.7. The van der Waals surface area contributed by atoms with Crippen LogP contribution in [0.2, 0.25) is 0 Å². The van der Waals surface area contributed by atoms with Crippen molar-refractivity contribution in [1.82, 2.24) is 4.72 Å². The summed E-state index contributed by atoms with van der Waals surface area (Å²) < 4.78 is 41.1. The van der Waals surface area contributed by atoms with E-state index in [1.54, 1.807) is 0 Å². The van der Waals surface area contributed by atoms with Gasteiger partial charge in [0.25, 0.3) is 0 Å². The molecule has 1 aliphatic rings. The topological polar surface area (TPSA) is 72.2 Å². The van der Waals surface area contributed by atoms with Gasteiger partial charge in [0.05, 0.1) is 0 Å². The fourth-order valence-corrected chi connectivity index (χ4v) is 5.15. The van der Waals surface area contributed by atoms with Crippen molar-refractivity contribution in [2.24, 2.45) is 5.73 Å². The number of nitrogens with one attached hydrogen (secondary N) is 1. The molecule has 2 atom stereocenters. The second-order valence-electron chi connectivity index (χ2n) is 5.18. The van der Waals surface area contributed by atoms with E-state index in [0.717, 1.165) is 31.1 Å². The average molecular weight is 332 g/mol.